The molecule has 0 unspecified atom stereocenters. The average molecular weight is 537 g/mol. The van der Waals surface area contributed by atoms with Crippen LogP contribution in [0.3, 0.4) is 0 Å². The van der Waals surface area contributed by atoms with Crippen LogP contribution >= 0.6 is 0 Å². The number of sulfone groups is 1. The molecule has 3 atom stereocenters. The SMILES string of the molecule is Cc1ccc([C@@H]2C[C@H]2NCC[C@H](NC(=O)c2ccc(-c3ncco3)cc2)C(=O)N2CCS(=O)(=O)CC2)cc1. The molecule has 1 aliphatic heterocycles. The van der Waals surface area contributed by atoms with Crippen LogP contribution in [-0.2, 0) is 14.6 Å². The van der Waals surface area contributed by atoms with Crippen LogP contribution in [0.25, 0.3) is 11.5 Å². The molecule has 10 heteroatoms. The highest BCUT2D eigenvalue weighted by Crippen LogP contribution is 2.40. The maximum absolute atomic E-state index is 13.4. The van der Waals surface area contributed by atoms with Gasteiger partial charge in [0.25, 0.3) is 5.91 Å². The summed E-state index contributed by atoms with van der Waals surface area (Å²) in [7, 11) is -3.13. The van der Waals surface area contributed by atoms with Crippen LogP contribution in [0.1, 0.15) is 40.2 Å². The van der Waals surface area contributed by atoms with E-state index in [2.05, 4.69) is 46.8 Å². The summed E-state index contributed by atoms with van der Waals surface area (Å²) in [5, 5.41) is 6.41. The van der Waals surface area contributed by atoms with Crippen molar-refractivity contribution in [3.63, 3.8) is 0 Å². The van der Waals surface area contributed by atoms with Gasteiger partial charge in [0.05, 0.1) is 17.7 Å². The number of nitrogens with one attached hydrogen (secondary N) is 2. The molecule has 1 aromatic heterocycles. The van der Waals surface area contributed by atoms with E-state index in [1.165, 1.54) is 17.4 Å². The molecular formula is C28H32N4O5S. The number of carbonyl (C=O) groups excluding carboxylic acids is 2. The normalized spacial score (nSPS) is 21.0. The molecule has 1 saturated heterocycles. The third-order valence-electron chi connectivity index (χ3n) is 7.22. The molecule has 2 amide bonds. The maximum Gasteiger partial charge on any atom is 0.251 e. The largest absolute Gasteiger partial charge is 0.445 e. The number of amides is 2. The molecule has 0 bridgehead atoms. The fraction of sp³-hybridized carbons (Fsp3) is 0.393. The lowest BCUT2D eigenvalue weighted by atomic mass is 10.1. The first-order valence-corrected chi connectivity index (χ1v) is 14.7. The molecule has 38 heavy (non-hydrogen) atoms. The number of rotatable bonds is 9. The summed E-state index contributed by atoms with van der Waals surface area (Å²) in [6.07, 6.45) is 4.47. The van der Waals surface area contributed by atoms with Gasteiger partial charge in [0, 0.05) is 36.2 Å². The second kappa shape index (κ2) is 11.1. The molecule has 1 aliphatic carbocycles. The first kappa shape index (κ1) is 26.1. The van der Waals surface area contributed by atoms with E-state index >= 15 is 0 Å². The Morgan fingerprint density at radius 2 is 1.79 bits per heavy atom. The highest BCUT2D eigenvalue weighted by Gasteiger charge is 2.38. The van der Waals surface area contributed by atoms with Gasteiger partial charge in [-0.3, -0.25) is 9.59 Å². The van der Waals surface area contributed by atoms with Crippen molar-refractivity contribution in [2.45, 2.75) is 37.8 Å². The van der Waals surface area contributed by atoms with Crippen LogP contribution in [-0.4, -0.2) is 73.3 Å². The molecule has 200 valence electrons. The molecule has 0 spiro atoms. The minimum absolute atomic E-state index is 0.0553. The summed E-state index contributed by atoms with van der Waals surface area (Å²) in [4.78, 5) is 32.1. The molecule has 2 fully saturated rings. The monoisotopic (exact) mass is 536 g/mol. The lowest BCUT2D eigenvalue weighted by molar-refractivity contribution is -0.133. The molecule has 1 saturated carbocycles. The number of aromatic nitrogens is 1. The van der Waals surface area contributed by atoms with Crippen molar-refractivity contribution in [2.75, 3.05) is 31.1 Å². The van der Waals surface area contributed by atoms with E-state index in [9.17, 15) is 18.0 Å². The van der Waals surface area contributed by atoms with Gasteiger partial charge < -0.3 is 20.0 Å². The van der Waals surface area contributed by atoms with Crippen LogP contribution in [0.5, 0.6) is 0 Å². The van der Waals surface area contributed by atoms with Gasteiger partial charge >= 0.3 is 0 Å². The molecule has 9 nitrogen and oxygen atoms in total. The van der Waals surface area contributed by atoms with Gasteiger partial charge in [-0.1, -0.05) is 29.8 Å². The molecule has 2 N–H and O–H groups in total. The predicted molar refractivity (Wildman–Crippen MR) is 143 cm³/mol. The van der Waals surface area contributed by atoms with Crippen LogP contribution in [0.2, 0.25) is 0 Å². The first-order chi connectivity index (χ1) is 18.3. The van der Waals surface area contributed by atoms with Gasteiger partial charge in [-0.2, -0.15) is 0 Å². The zero-order chi connectivity index (χ0) is 26.7. The molecule has 5 rings (SSSR count). The summed E-state index contributed by atoms with van der Waals surface area (Å²) in [6.45, 7) is 2.91. The van der Waals surface area contributed by atoms with E-state index in [1.54, 1.807) is 35.4 Å². The minimum Gasteiger partial charge on any atom is -0.445 e. The van der Waals surface area contributed by atoms with Crippen LogP contribution in [0.15, 0.2) is 65.4 Å². The number of carbonyl (C=O) groups is 2. The number of hydrogen-bond acceptors (Lipinski definition) is 7. The van der Waals surface area contributed by atoms with E-state index in [1.807, 2.05) is 0 Å². The van der Waals surface area contributed by atoms with Crippen molar-refractivity contribution >= 4 is 21.7 Å². The van der Waals surface area contributed by atoms with Crippen LogP contribution in [0.4, 0.5) is 0 Å². The van der Waals surface area contributed by atoms with Gasteiger partial charge in [-0.25, -0.2) is 13.4 Å². The fourth-order valence-corrected chi connectivity index (χ4v) is 6.00. The van der Waals surface area contributed by atoms with Crippen molar-refractivity contribution in [3.05, 3.63) is 77.7 Å². The van der Waals surface area contributed by atoms with E-state index < -0.39 is 15.9 Å². The highest BCUT2D eigenvalue weighted by atomic mass is 32.2. The van der Waals surface area contributed by atoms with E-state index in [0.29, 0.717) is 36.4 Å². The Bertz CT molecular complexity index is 1360. The second-order valence-electron chi connectivity index (χ2n) is 10.0. The van der Waals surface area contributed by atoms with Crippen molar-refractivity contribution in [1.82, 2.24) is 20.5 Å². The van der Waals surface area contributed by atoms with Crippen LogP contribution in [0, 0.1) is 6.92 Å². The Kier molecular flexibility index (Phi) is 7.62. The Hall–Kier alpha value is -3.50. The predicted octanol–water partition coefficient (Wildman–Crippen LogP) is 2.54. The summed E-state index contributed by atoms with van der Waals surface area (Å²) >= 11 is 0. The lowest BCUT2D eigenvalue weighted by Gasteiger charge is -2.30. The van der Waals surface area contributed by atoms with Gasteiger partial charge in [0.2, 0.25) is 11.8 Å². The summed E-state index contributed by atoms with van der Waals surface area (Å²) in [5.74, 6) is 0.183. The van der Waals surface area contributed by atoms with Crippen LogP contribution < -0.4 is 10.6 Å². The summed E-state index contributed by atoms with van der Waals surface area (Å²) in [5.41, 5.74) is 3.69. The van der Waals surface area contributed by atoms with Gasteiger partial charge in [0.1, 0.15) is 12.3 Å². The van der Waals surface area contributed by atoms with Crippen molar-refractivity contribution < 1.29 is 22.4 Å². The first-order valence-electron chi connectivity index (χ1n) is 12.9. The van der Waals surface area contributed by atoms with Crippen molar-refractivity contribution in [3.8, 4) is 11.5 Å². The standard InChI is InChI=1S/C28H32N4O5S/c1-19-2-4-20(5-3-19)23-18-25(23)29-11-10-24(28(34)32-13-16-38(35,36)17-14-32)31-26(33)21-6-8-22(9-7-21)27-30-12-15-37-27/h2-9,12,15,23-25,29H,10-11,13-14,16-18H2,1H3,(H,31,33)/t23-,24-,25+/m0/s1. The molecular weight excluding hydrogens is 504 g/mol. The van der Waals surface area contributed by atoms with Gasteiger partial charge in [0.15, 0.2) is 9.84 Å². The third kappa shape index (κ3) is 6.31. The van der Waals surface area contributed by atoms with E-state index in [0.717, 1.165) is 12.0 Å². The number of nitrogens with zero attached hydrogens (tertiary/aromatic N) is 2. The molecule has 3 aromatic rings. The highest BCUT2D eigenvalue weighted by molar-refractivity contribution is 7.91. The number of aryl methyl sites for hydroxylation is 1. The topological polar surface area (TPSA) is 122 Å². The second-order valence-corrected chi connectivity index (χ2v) is 12.3. The average Bonchev–Trinajstić information content (AvgIpc) is 3.46. The Morgan fingerprint density at radius 3 is 2.45 bits per heavy atom. The Balaban J connectivity index is 1.21. The van der Waals surface area contributed by atoms with E-state index in [-0.39, 0.29) is 36.4 Å². The quantitative estimate of drug-likeness (QED) is 0.431. The lowest BCUT2D eigenvalue weighted by Crippen LogP contribution is -2.53. The molecule has 2 heterocycles. The number of benzene rings is 2. The smallest absolute Gasteiger partial charge is 0.251 e. The number of oxazole rings is 1. The zero-order valence-electron chi connectivity index (χ0n) is 21.3. The summed E-state index contributed by atoms with van der Waals surface area (Å²) in [6, 6.07) is 14.9. The van der Waals surface area contributed by atoms with Gasteiger partial charge in [-0.15, -0.1) is 0 Å². The minimum atomic E-state index is -3.13. The molecule has 2 aromatic carbocycles. The Labute approximate surface area is 222 Å². The third-order valence-corrected chi connectivity index (χ3v) is 8.83. The Morgan fingerprint density at radius 1 is 1.08 bits per heavy atom. The van der Waals surface area contributed by atoms with E-state index in [4.69, 9.17) is 4.42 Å². The van der Waals surface area contributed by atoms with Crippen molar-refractivity contribution in [1.29, 1.82) is 0 Å². The maximum atomic E-state index is 13.4. The van der Waals surface area contributed by atoms with Crippen molar-refractivity contribution in [2.24, 2.45) is 0 Å². The number of hydrogen-bond donors (Lipinski definition) is 2. The molecule has 0 radical (unpaired) electrons. The van der Waals surface area contributed by atoms with Gasteiger partial charge in [-0.05, 0) is 56.1 Å². The fourth-order valence-electron chi connectivity index (χ4n) is 4.80. The molecule has 2 aliphatic rings. The summed E-state index contributed by atoms with van der Waals surface area (Å²) < 4.78 is 29.0. The zero-order valence-corrected chi connectivity index (χ0v) is 22.1.